The molecule has 19 heavy (non-hydrogen) atoms. The fourth-order valence-corrected chi connectivity index (χ4v) is 3.60. The van der Waals surface area contributed by atoms with Crippen LogP contribution in [-0.2, 0) is 14.8 Å². The monoisotopic (exact) mass is 292 g/mol. The third-order valence-corrected chi connectivity index (χ3v) is 5.01. The number of rotatable bonds is 10. The van der Waals surface area contributed by atoms with Gasteiger partial charge in [-0.1, -0.05) is 13.8 Å². The highest BCUT2D eigenvalue weighted by atomic mass is 32.2. The van der Waals surface area contributed by atoms with Crippen molar-refractivity contribution < 1.29 is 13.2 Å². The molecular formula is C13H28N2O3S. The molecule has 0 saturated carbocycles. The Balaban J connectivity index is 2.19. The zero-order valence-corrected chi connectivity index (χ0v) is 13.0. The highest BCUT2D eigenvalue weighted by Gasteiger charge is 2.27. The Kier molecular flexibility index (Phi) is 7.90. The largest absolute Gasteiger partial charge is 0.378 e. The van der Waals surface area contributed by atoms with Crippen LogP contribution in [0.15, 0.2) is 0 Å². The van der Waals surface area contributed by atoms with Crippen LogP contribution in [0, 0.1) is 5.92 Å². The summed E-state index contributed by atoms with van der Waals surface area (Å²) in [5.41, 5.74) is 0. The van der Waals surface area contributed by atoms with Gasteiger partial charge in [0.1, 0.15) is 0 Å². The van der Waals surface area contributed by atoms with Crippen molar-refractivity contribution in [3.05, 3.63) is 0 Å². The van der Waals surface area contributed by atoms with Gasteiger partial charge in [-0.2, -0.15) is 0 Å². The molecular weight excluding hydrogens is 264 g/mol. The van der Waals surface area contributed by atoms with Gasteiger partial charge in [0.2, 0.25) is 10.0 Å². The summed E-state index contributed by atoms with van der Waals surface area (Å²) < 4.78 is 32.0. The number of hydrogen-bond donors (Lipinski definition) is 2. The molecule has 0 radical (unpaired) electrons. The second kappa shape index (κ2) is 8.89. The van der Waals surface area contributed by atoms with E-state index in [0.717, 1.165) is 39.0 Å². The van der Waals surface area contributed by atoms with Crippen molar-refractivity contribution >= 4 is 10.0 Å². The molecule has 114 valence electrons. The van der Waals surface area contributed by atoms with Crippen LogP contribution in [0.4, 0.5) is 0 Å². The first-order chi connectivity index (χ1) is 9.09. The van der Waals surface area contributed by atoms with Gasteiger partial charge in [-0.3, -0.25) is 0 Å². The number of sulfonamides is 1. The Morgan fingerprint density at radius 2 is 2.05 bits per heavy atom. The molecule has 1 fully saturated rings. The lowest BCUT2D eigenvalue weighted by Crippen LogP contribution is -2.34. The van der Waals surface area contributed by atoms with E-state index in [9.17, 15) is 8.42 Å². The van der Waals surface area contributed by atoms with E-state index in [2.05, 4.69) is 17.0 Å². The van der Waals surface area contributed by atoms with E-state index in [4.69, 9.17) is 4.74 Å². The number of nitrogens with one attached hydrogen (secondary N) is 2. The highest BCUT2D eigenvalue weighted by molar-refractivity contribution is 7.89. The van der Waals surface area contributed by atoms with Gasteiger partial charge >= 0.3 is 0 Å². The normalized spacial score (nSPS) is 23.9. The van der Waals surface area contributed by atoms with Crippen molar-refractivity contribution in [2.45, 2.75) is 45.6 Å². The van der Waals surface area contributed by atoms with Crippen LogP contribution in [0.3, 0.4) is 0 Å². The van der Waals surface area contributed by atoms with E-state index >= 15 is 0 Å². The molecule has 1 saturated heterocycles. The molecule has 2 N–H and O–H groups in total. The Morgan fingerprint density at radius 1 is 1.26 bits per heavy atom. The standard InChI is InChI=1S/C13H28N2O3S/c1-3-13-12(7-9-18-13)11-15-19(16,17)10-6-5-8-14-4-2/h12-15H,3-11H2,1-2H3. The third-order valence-electron chi connectivity index (χ3n) is 3.58. The van der Waals surface area contributed by atoms with Crippen LogP contribution in [-0.4, -0.2) is 46.5 Å². The first-order valence-electron chi connectivity index (χ1n) is 7.38. The Bertz CT molecular complexity index is 333. The molecule has 1 aliphatic heterocycles. The van der Waals surface area contributed by atoms with E-state index in [-0.39, 0.29) is 11.9 Å². The highest BCUT2D eigenvalue weighted by Crippen LogP contribution is 2.22. The Morgan fingerprint density at radius 3 is 2.74 bits per heavy atom. The van der Waals surface area contributed by atoms with Crippen molar-refractivity contribution in [1.82, 2.24) is 10.0 Å². The fraction of sp³-hybridized carbons (Fsp3) is 1.00. The minimum absolute atomic E-state index is 0.219. The smallest absolute Gasteiger partial charge is 0.211 e. The SMILES string of the molecule is CCNCCCCS(=O)(=O)NCC1CCOC1CC. The van der Waals surface area contributed by atoms with Crippen molar-refractivity contribution in [3.63, 3.8) is 0 Å². The van der Waals surface area contributed by atoms with Crippen molar-refractivity contribution in [1.29, 1.82) is 0 Å². The van der Waals surface area contributed by atoms with Crippen LogP contribution < -0.4 is 10.0 Å². The topological polar surface area (TPSA) is 67.4 Å². The average Bonchev–Trinajstić information content (AvgIpc) is 2.83. The summed E-state index contributed by atoms with van der Waals surface area (Å²) in [5.74, 6) is 0.560. The lowest BCUT2D eigenvalue weighted by atomic mass is 10.0. The summed E-state index contributed by atoms with van der Waals surface area (Å²) in [5, 5.41) is 3.19. The van der Waals surface area contributed by atoms with Crippen molar-refractivity contribution in [3.8, 4) is 0 Å². The first-order valence-corrected chi connectivity index (χ1v) is 9.04. The molecule has 2 atom stereocenters. The lowest BCUT2D eigenvalue weighted by Gasteiger charge is -2.17. The van der Waals surface area contributed by atoms with Gasteiger partial charge in [-0.25, -0.2) is 13.1 Å². The van der Waals surface area contributed by atoms with Gasteiger partial charge in [0.15, 0.2) is 0 Å². The fourth-order valence-electron chi connectivity index (χ4n) is 2.40. The molecule has 0 bridgehead atoms. The summed E-state index contributed by atoms with van der Waals surface area (Å²) in [7, 11) is -3.12. The summed E-state index contributed by atoms with van der Waals surface area (Å²) in [6.45, 7) is 7.23. The molecule has 0 aromatic carbocycles. The molecule has 1 aliphatic rings. The van der Waals surface area contributed by atoms with E-state index in [1.807, 2.05) is 6.92 Å². The van der Waals surface area contributed by atoms with Crippen LogP contribution in [0.1, 0.15) is 39.5 Å². The third kappa shape index (κ3) is 6.70. The summed E-state index contributed by atoms with van der Waals surface area (Å²) in [4.78, 5) is 0. The van der Waals surface area contributed by atoms with E-state index < -0.39 is 10.0 Å². The van der Waals surface area contributed by atoms with Gasteiger partial charge in [-0.15, -0.1) is 0 Å². The maximum absolute atomic E-state index is 11.8. The molecule has 5 nitrogen and oxygen atoms in total. The van der Waals surface area contributed by atoms with E-state index in [1.54, 1.807) is 0 Å². The Labute approximate surface area is 117 Å². The minimum Gasteiger partial charge on any atom is -0.378 e. The van der Waals surface area contributed by atoms with E-state index in [1.165, 1.54) is 0 Å². The van der Waals surface area contributed by atoms with Crippen LogP contribution in [0.5, 0.6) is 0 Å². The average molecular weight is 292 g/mol. The van der Waals surface area contributed by atoms with Crippen molar-refractivity contribution in [2.75, 3.05) is 32.0 Å². The van der Waals surface area contributed by atoms with Crippen LogP contribution in [0.25, 0.3) is 0 Å². The van der Waals surface area contributed by atoms with Gasteiger partial charge in [0, 0.05) is 19.1 Å². The number of unbranched alkanes of at least 4 members (excludes halogenated alkanes) is 1. The molecule has 1 heterocycles. The minimum atomic E-state index is -3.12. The van der Waals surface area contributed by atoms with Crippen molar-refractivity contribution in [2.24, 2.45) is 5.92 Å². The van der Waals surface area contributed by atoms with Crippen LogP contribution >= 0.6 is 0 Å². The second-order valence-corrected chi connectivity index (χ2v) is 7.02. The lowest BCUT2D eigenvalue weighted by molar-refractivity contribution is 0.0884. The molecule has 0 amide bonds. The molecule has 6 heteroatoms. The van der Waals surface area contributed by atoms with Gasteiger partial charge in [0.25, 0.3) is 0 Å². The predicted octanol–water partition coefficient (Wildman–Crippen LogP) is 1.11. The number of hydrogen-bond acceptors (Lipinski definition) is 4. The zero-order valence-electron chi connectivity index (χ0n) is 12.2. The predicted molar refractivity (Wildman–Crippen MR) is 77.7 cm³/mol. The molecule has 0 spiro atoms. The zero-order chi connectivity index (χ0) is 14.1. The quantitative estimate of drug-likeness (QED) is 0.592. The molecule has 0 aliphatic carbocycles. The second-order valence-electron chi connectivity index (χ2n) is 5.09. The molecule has 2 unspecified atom stereocenters. The molecule has 1 rings (SSSR count). The summed E-state index contributed by atoms with van der Waals surface area (Å²) in [6.07, 6.45) is 3.74. The summed E-state index contributed by atoms with van der Waals surface area (Å²) >= 11 is 0. The maximum Gasteiger partial charge on any atom is 0.211 e. The van der Waals surface area contributed by atoms with Gasteiger partial charge in [0.05, 0.1) is 11.9 Å². The summed E-state index contributed by atoms with van der Waals surface area (Å²) in [6, 6.07) is 0. The molecule has 0 aromatic heterocycles. The maximum atomic E-state index is 11.8. The van der Waals surface area contributed by atoms with E-state index in [0.29, 0.717) is 18.9 Å². The van der Waals surface area contributed by atoms with Gasteiger partial charge < -0.3 is 10.1 Å². The number of ether oxygens (including phenoxy) is 1. The molecule has 0 aromatic rings. The first kappa shape index (κ1) is 16.9. The Hall–Kier alpha value is -0.170. The van der Waals surface area contributed by atoms with Gasteiger partial charge in [-0.05, 0) is 38.8 Å². The van der Waals surface area contributed by atoms with Crippen LogP contribution in [0.2, 0.25) is 0 Å².